The first kappa shape index (κ1) is 19.8. The van der Waals surface area contributed by atoms with Crippen molar-refractivity contribution in [3.8, 4) is 0 Å². The second-order valence-electron chi connectivity index (χ2n) is 5.46. The molecular formula is C16H13F6NO3. The van der Waals surface area contributed by atoms with E-state index in [1.54, 1.807) is 0 Å². The van der Waals surface area contributed by atoms with Crippen LogP contribution in [0.1, 0.15) is 35.7 Å². The van der Waals surface area contributed by atoms with E-state index in [0.717, 1.165) is 19.0 Å². The fourth-order valence-corrected chi connectivity index (χ4v) is 2.04. The van der Waals surface area contributed by atoms with E-state index in [2.05, 4.69) is 10.1 Å². The molecule has 0 heterocycles. The molecule has 0 unspecified atom stereocenters. The standard InChI is InChI=1S/C16H13F6NO3/c1-2-26-15(25)9(6-23-7-3-4-7)14(24)8-5-10(17)13(19)11(12(8)18)16(20,21)22/h5-7,23H,2-4H2,1H3/b9-6-. The van der Waals surface area contributed by atoms with Gasteiger partial charge < -0.3 is 10.1 Å². The summed E-state index contributed by atoms with van der Waals surface area (Å²) in [4.78, 5) is 24.2. The number of Topliss-reactive ketones (excluding diaryl/α,β-unsaturated/α-hetero) is 1. The van der Waals surface area contributed by atoms with Crippen LogP contribution in [0.2, 0.25) is 0 Å². The Balaban J connectivity index is 2.53. The van der Waals surface area contributed by atoms with Gasteiger partial charge in [-0.25, -0.2) is 18.0 Å². The third-order valence-corrected chi connectivity index (χ3v) is 3.46. The van der Waals surface area contributed by atoms with E-state index in [0.29, 0.717) is 0 Å². The normalized spacial score (nSPS) is 15.0. The van der Waals surface area contributed by atoms with E-state index in [-0.39, 0.29) is 18.7 Å². The monoisotopic (exact) mass is 381 g/mol. The molecule has 1 aliphatic carbocycles. The van der Waals surface area contributed by atoms with Crippen LogP contribution in [0, 0.1) is 17.5 Å². The minimum Gasteiger partial charge on any atom is -0.462 e. The second kappa shape index (κ2) is 7.38. The van der Waals surface area contributed by atoms with Crippen LogP contribution in [0.15, 0.2) is 17.8 Å². The molecule has 1 aromatic carbocycles. The quantitative estimate of drug-likeness (QED) is 0.156. The Labute approximate surface area is 143 Å². The summed E-state index contributed by atoms with van der Waals surface area (Å²) in [6.07, 6.45) is -3.23. The minimum atomic E-state index is -5.58. The van der Waals surface area contributed by atoms with Crippen LogP contribution in [0.25, 0.3) is 0 Å². The number of hydrogen-bond acceptors (Lipinski definition) is 4. The first-order valence-electron chi connectivity index (χ1n) is 7.50. The SMILES string of the molecule is CCOC(=O)/C(=C\NC1CC1)C(=O)c1cc(F)c(F)c(C(F)(F)F)c1F. The number of rotatable bonds is 6. The number of ketones is 1. The Morgan fingerprint density at radius 3 is 2.35 bits per heavy atom. The summed E-state index contributed by atoms with van der Waals surface area (Å²) in [6, 6.07) is -0.0698. The van der Waals surface area contributed by atoms with Crippen LogP contribution in [0.4, 0.5) is 26.3 Å². The lowest BCUT2D eigenvalue weighted by Gasteiger charge is -2.13. The van der Waals surface area contributed by atoms with E-state index in [1.165, 1.54) is 6.92 Å². The molecule has 10 heteroatoms. The zero-order chi connectivity index (χ0) is 19.6. The van der Waals surface area contributed by atoms with Gasteiger partial charge in [0.1, 0.15) is 17.0 Å². The average molecular weight is 381 g/mol. The van der Waals surface area contributed by atoms with Crippen LogP contribution in [-0.4, -0.2) is 24.4 Å². The summed E-state index contributed by atoms with van der Waals surface area (Å²) >= 11 is 0. The molecule has 0 atom stereocenters. The summed E-state index contributed by atoms with van der Waals surface area (Å²) < 4.78 is 84.0. The summed E-state index contributed by atoms with van der Waals surface area (Å²) in [7, 11) is 0. The highest BCUT2D eigenvalue weighted by molar-refractivity contribution is 6.24. The highest BCUT2D eigenvalue weighted by Crippen LogP contribution is 2.36. The van der Waals surface area contributed by atoms with Crippen molar-refractivity contribution in [2.75, 3.05) is 6.61 Å². The zero-order valence-corrected chi connectivity index (χ0v) is 13.3. The maximum absolute atomic E-state index is 14.1. The van der Waals surface area contributed by atoms with Gasteiger partial charge in [0.2, 0.25) is 5.78 Å². The predicted molar refractivity (Wildman–Crippen MR) is 76.5 cm³/mol. The topological polar surface area (TPSA) is 55.4 Å². The lowest BCUT2D eigenvalue weighted by Crippen LogP contribution is -2.23. The van der Waals surface area contributed by atoms with Gasteiger partial charge in [-0.1, -0.05) is 0 Å². The van der Waals surface area contributed by atoms with Crippen LogP contribution >= 0.6 is 0 Å². The molecule has 0 saturated heterocycles. The molecule has 2 rings (SSSR count). The number of esters is 1. The molecule has 0 aliphatic heterocycles. The van der Waals surface area contributed by atoms with Crippen LogP contribution in [0.5, 0.6) is 0 Å². The maximum Gasteiger partial charge on any atom is 0.422 e. The van der Waals surface area contributed by atoms with Crippen molar-refractivity contribution in [3.63, 3.8) is 0 Å². The maximum atomic E-state index is 14.1. The van der Waals surface area contributed by atoms with Gasteiger partial charge in [-0.15, -0.1) is 0 Å². The smallest absolute Gasteiger partial charge is 0.422 e. The summed E-state index contributed by atoms with van der Waals surface area (Å²) in [5, 5.41) is 2.64. The number of nitrogens with one attached hydrogen (secondary N) is 1. The molecule has 1 aliphatic rings. The Morgan fingerprint density at radius 2 is 1.85 bits per heavy atom. The van der Waals surface area contributed by atoms with Crippen molar-refractivity contribution in [1.82, 2.24) is 5.32 Å². The number of benzene rings is 1. The molecule has 0 spiro atoms. The van der Waals surface area contributed by atoms with Gasteiger partial charge in [-0.2, -0.15) is 13.2 Å². The number of hydrogen-bond donors (Lipinski definition) is 1. The fraction of sp³-hybridized carbons (Fsp3) is 0.375. The third kappa shape index (κ3) is 4.17. The molecule has 1 saturated carbocycles. The number of ether oxygens (including phenoxy) is 1. The van der Waals surface area contributed by atoms with Crippen LogP contribution in [-0.2, 0) is 15.7 Å². The third-order valence-electron chi connectivity index (χ3n) is 3.46. The Kier molecular flexibility index (Phi) is 5.62. The number of carbonyl (C=O) groups excluding carboxylic acids is 2. The average Bonchev–Trinajstić information content (AvgIpc) is 3.34. The van der Waals surface area contributed by atoms with Crippen molar-refractivity contribution in [2.45, 2.75) is 32.0 Å². The molecule has 0 aromatic heterocycles. The second-order valence-corrected chi connectivity index (χ2v) is 5.46. The molecule has 0 amide bonds. The van der Waals surface area contributed by atoms with E-state index in [9.17, 15) is 35.9 Å². The van der Waals surface area contributed by atoms with E-state index < -0.39 is 52.1 Å². The Morgan fingerprint density at radius 1 is 1.23 bits per heavy atom. The van der Waals surface area contributed by atoms with E-state index in [4.69, 9.17) is 0 Å². The first-order chi connectivity index (χ1) is 12.1. The van der Waals surface area contributed by atoms with Crippen molar-refractivity contribution in [2.24, 2.45) is 0 Å². The fourth-order valence-electron chi connectivity index (χ4n) is 2.04. The van der Waals surface area contributed by atoms with Crippen LogP contribution < -0.4 is 5.32 Å². The van der Waals surface area contributed by atoms with Crippen molar-refractivity contribution in [1.29, 1.82) is 0 Å². The van der Waals surface area contributed by atoms with Gasteiger partial charge in [0.25, 0.3) is 0 Å². The van der Waals surface area contributed by atoms with Gasteiger partial charge in [0.15, 0.2) is 11.6 Å². The van der Waals surface area contributed by atoms with Crippen molar-refractivity contribution in [3.05, 3.63) is 46.4 Å². The molecule has 1 aromatic rings. The lowest BCUT2D eigenvalue weighted by atomic mass is 9.99. The molecule has 0 bridgehead atoms. The molecular weight excluding hydrogens is 368 g/mol. The Hall–Kier alpha value is -2.52. The van der Waals surface area contributed by atoms with Crippen molar-refractivity contribution < 1.29 is 40.7 Å². The minimum absolute atomic E-state index is 0.0214. The zero-order valence-electron chi connectivity index (χ0n) is 13.3. The van der Waals surface area contributed by atoms with Crippen LogP contribution in [0.3, 0.4) is 0 Å². The van der Waals surface area contributed by atoms with Gasteiger partial charge in [0.05, 0.1) is 12.2 Å². The van der Waals surface area contributed by atoms with Crippen molar-refractivity contribution >= 4 is 11.8 Å². The summed E-state index contributed by atoms with van der Waals surface area (Å²) in [5.41, 5.74) is -4.79. The summed E-state index contributed by atoms with van der Waals surface area (Å²) in [5.74, 6) is -9.63. The molecule has 4 nitrogen and oxygen atoms in total. The molecule has 26 heavy (non-hydrogen) atoms. The number of alkyl halides is 3. The summed E-state index contributed by atoms with van der Waals surface area (Å²) in [6.45, 7) is 1.25. The van der Waals surface area contributed by atoms with E-state index >= 15 is 0 Å². The number of carbonyl (C=O) groups is 2. The largest absolute Gasteiger partial charge is 0.462 e. The van der Waals surface area contributed by atoms with Gasteiger partial charge in [0, 0.05) is 12.2 Å². The first-order valence-corrected chi connectivity index (χ1v) is 7.50. The lowest BCUT2D eigenvalue weighted by molar-refractivity contribution is -0.142. The molecule has 142 valence electrons. The molecule has 1 fully saturated rings. The highest BCUT2D eigenvalue weighted by Gasteiger charge is 2.42. The van der Waals surface area contributed by atoms with Gasteiger partial charge in [-0.3, -0.25) is 4.79 Å². The highest BCUT2D eigenvalue weighted by atomic mass is 19.4. The Bertz CT molecular complexity index is 768. The van der Waals surface area contributed by atoms with Gasteiger partial charge >= 0.3 is 12.1 Å². The predicted octanol–water partition coefficient (Wildman–Crippen LogP) is 3.50. The van der Waals surface area contributed by atoms with E-state index in [1.807, 2.05) is 0 Å². The number of halogens is 6. The molecule has 0 radical (unpaired) electrons. The molecule has 1 N–H and O–H groups in total. The van der Waals surface area contributed by atoms with Gasteiger partial charge in [-0.05, 0) is 25.8 Å².